The summed E-state index contributed by atoms with van der Waals surface area (Å²) in [7, 11) is 0. The lowest BCUT2D eigenvalue weighted by Gasteiger charge is -2.30. The third-order valence-electron chi connectivity index (χ3n) is 3.94. The van der Waals surface area contributed by atoms with Crippen LogP contribution in [0.15, 0.2) is 18.2 Å². The quantitative estimate of drug-likeness (QED) is 0.771. The normalized spacial score (nSPS) is 19.9. The van der Waals surface area contributed by atoms with Crippen LogP contribution in [0.4, 0.5) is 5.69 Å². The Kier molecular flexibility index (Phi) is 4.81. The van der Waals surface area contributed by atoms with Gasteiger partial charge in [-0.25, -0.2) is 0 Å². The van der Waals surface area contributed by atoms with E-state index in [0.717, 1.165) is 17.3 Å². The monoisotopic (exact) mass is 276 g/mol. The molecule has 0 radical (unpaired) electrons. The maximum Gasteiger partial charge on any atom is 0.173 e. The molecule has 1 fully saturated rings. The van der Waals surface area contributed by atoms with Crippen LogP contribution in [0.2, 0.25) is 0 Å². The molecule has 2 rings (SSSR count). The third kappa shape index (κ3) is 3.69. The van der Waals surface area contributed by atoms with E-state index >= 15 is 0 Å². The van der Waals surface area contributed by atoms with Gasteiger partial charge in [0.05, 0.1) is 0 Å². The van der Waals surface area contributed by atoms with Crippen molar-refractivity contribution in [3.05, 3.63) is 29.3 Å². The molecule has 1 unspecified atom stereocenters. The highest BCUT2D eigenvalue weighted by Gasteiger charge is 2.19. The van der Waals surface area contributed by atoms with Gasteiger partial charge in [-0.05, 0) is 57.5 Å². The lowest BCUT2D eigenvalue weighted by Crippen LogP contribution is -2.41. The molecule has 0 bridgehead atoms. The fourth-order valence-corrected chi connectivity index (χ4v) is 3.10. The number of thiocarbonyl (C=S) groups is 1. The fraction of sp³-hybridized carbons (Fsp3) is 0.562. The molecule has 0 aliphatic carbocycles. The minimum atomic E-state index is 0.549. The molecule has 0 aromatic heterocycles. The maximum absolute atomic E-state index is 5.60. The summed E-state index contributed by atoms with van der Waals surface area (Å²) < 4.78 is 0. The Bertz CT molecular complexity index is 456. The number of aryl methyl sites for hydroxylation is 2. The number of nitrogens with zero attached hydrogens (tertiary/aromatic N) is 1. The first-order chi connectivity index (χ1) is 9.08. The lowest BCUT2D eigenvalue weighted by atomic mass is 10.1. The second-order valence-corrected chi connectivity index (χ2v) is 6.03. The van der Waals surface area contributed by atoms with E-state index in [9.17, 15) is 0 Å². The van der Waals surface area contributed by atoms with Gasteiger partial charge in [-0.1, -0.05) is 30.5 Å². The largest absolute Gasteiger partial charge is 0.346 e. The predicted octanol–water partition coefficient (Wildman–Crippen LogP) is 4.26. The summed E-state index contributed by atoms with van der Waals surface area (Å²) in [5.41, 5.74) is 3.67. The molecular formula is C16H24N2S. The fourth-order valence-electron chi connectivity index (χ4n) is 2.72. The van der Waals surface area contributed by atoms with E-state index in [-0.39, 0.29) is 0 Å². The highest BCUT2D eigenvalue weighted by molar-refractivity contribution is 7.80. The van der Waals surface area contributed by atoms with Crippen molar-refractivity contribution in [3.8, 4) is 0 Å². The van der Waals surface area contributed by atoms with Gasteiger partial charge >= 0.3 is 0 Å². The van der Waals surface area contributed by atoms with Crippen LogP contribution in [0, 0.1) is 13.8 Å². The molecule has 19 heavy (non-hydrogen) atoms. The minimum absolute atomic E-state index is 0.549. The van der Waals surface area contributed by atoms with Gasteiger partial charge in [0.2, 0.25) is 0 Å². The highest BCUT2D eigenvalue weighted by atomic mass is 32.1. The summed E-state index contributed by atoms with van der Waals surface area (Å²) in [5, 5.41) is 4.30. The van der Waals surface area contributed by atoms with Crippen molar-refractivity contribution < 1.29 is 0 Å². The maximum atomic E-state index is 5.60. The molecule has 1 N–H and O–H groups in total. The Hall–Kier alpha value is -1.09. The molecule has 1 aromatic carbocycles. The second-order valence-electron chi connectivity index (χ2n) is 5.64. The number of hydrogen-bond acceptors (Lipinski definition) is 1. The predicted molar refractivity (Wildman–Crippen MR) is 86.8 cm³/mol. The number of anilines is 1. The first-order valence-corrected chi connectivity index (χ1v) is 7.63. The number of likely N-dealkylation sites (tertiary alicyclic amines) is 1. The van der Waals surface area contributed by atoms with Crippen LogP contribution in [0.3, 0.4) is 0 Å². The van der Waals surface area contributed by atoms with Gasteiger partial charge in [0.1, 0.15) is 0 Å². The van der Waals surface area contributed by atoms with Crippen LogP contribution in [-0.2, 0) is 0 Å². The Morgan fingerprint density at radius 1 is 1.26 bits per heavy atom. The lowest BCUT2D eigenvalue weighted by molar-refractivity contribution is 0.341. The van der Waals surface area contributed by atoms with Gasteiger partial charge < -0.3 is 10.2 Å². The van der Waals surface area contributed by atoms with Crippen molar-refractivity contribution in [3.63, 3.8) is 0 Å². The summed E-state index contributed by atoms with van der Waals surface area (Å²) in [6.45, 7) is 7.61. The molecule has 1 heterocycles. The van der Waals surface area contributed by atoms with Crippen LogP contribution in [-0.4, -0.2) is 22.6 Å². The number of nitrogens with one attached hydrogen (secondary N) is 1. The summed E-state index contributed by atoms with van der Waals surface area (Å²) in [6.07, 6.45) is 5.14. The topological polar surface area (TPSA) is 15.3 Å². The zero-order chi connectivity index (χ0) is 13.8. The van der Waals surface area contributed by atoms with E-state index in [2.05, 4.69) is 49.2 Å². The van der Waals surface area contributed by atoms with E-state index in [1.54, 1.807) is 0 Å². The molecular weight excluding hydrogens is 252 g/mol. The van der Waals surface area contributed by atoms with Gasteiger partial charge in [0.15, 0.2) is 5.11 Å². The molecule has 1 aromatic rings. The number of hydrogen-bond donors (Lipinski definition) is 1. The summed E-state index contributed by atoms with van der Waals surface area (Å²) in [4.78, 5) is 2.35. The Labute approximate surface area is 122 Å². The third-order valence-corrected chi connectivity index (χ3v) is 4.27. The van der Waals surface area contributed by atoms with Gasteiger partial charge in [0.25, 0.3) is 0 Å². The molecule has 3 heteroatoms. The summed E-state index contributed by atoms with van der Waals surface area (Å²) in [6, 6.07) is 6.99. The SMILES string of the molecule is Cc1ccc(NC(=S)N2CCCCCC2C)c(C)c1. The van der Waals surface area contributed by atoms with Crippen LogP contribution in [0.25, 0.3) is 0 Å². The van der Waals surface area contributed by atoms with Crippen molar-refractivity contribution >= 4 is 23.0 Å². The van der Waals surface area contributed by atoms with Gasteiger partial charge in [-0.2, -0.15) is 0 Å². The van der Waals surface area contributed by atoms with Gasteiger partial charge in [0, 0.05) is 18.3 Å². The zero-order valence-electron chi connectivity index (χ0n) is 12.2. The molecule has 1 atom stereocenters. The Balaban J connectivity index is 2.07. The van der Waals surface area contributed by atoms with E-state index < -0.39 is 0 Å². The van der Waals surface area contributed by atoms with Gasteiger partial charge in [-0.15, -0.1) is 0 Å². The van der Waals surface area contributed by atoms with Crippen LogP contribution in [0.1, 0.15) is 43.7 Å². The zero-order valence-corrected chi connectivity index (χ0v) is 13.0. The molecule has 1 aliphatic heterocycles. The van der Waals surface area contributed by atoms with Crippen LogP contribution < -0.4 is 5.32 Å². The van der Waals surface area contributed by atoms with E-state index in [1.807, 2.05) is 0 Å². The van der Waals surface area contributed by atoms with Gasteiger partial charge in [-0.3, -0.25) is 0 Å². The molecule has 0 saturated carbocycles. The second kappa shape index (κ2) is 6.38. The van der Waals surface area contributed by atoms with E-state index in [0.29, 0.717) is 6.04 Å². The van der Waals surface area contributed by atoms with Crippen molar-refractivity contribution in [1.29, 1.82) is 0 Å². The number of rotatable bonds is 1. The number of benzene rings is 1. The van der Waals surface area contributed by atoms with E-state index in [1.165, 1.54) is 36.8 Å². The summed E-state index contributed by atoms with van der Waals surface area (Å²) in [5.74, 6) is 0. The average molecular weight is 276 g/mol. The van der Waals surface area contributed by atoms with Crippen molar-refractivity contribution in [2.45, 2.75) is 52.5 Å². The first-order valence-electron chi connectivity index (χ1n) is 7.23. The Morgan fingerprint density at radius 3 is 2.79 bits per heavy atom. The molecule has 0 spiro atoms. The van der Waals surface area contributed by atoms with Crippen LogP contribution >= 0.6 is 12.2 Å². The molecule has 1 saturated heterocycles. The van der Waals surface area contributed by atoms with Crippen LogP contribution in [0.5, 0.6) is 0 Å². The van der Waals surface area contributed by atoms with Crippen molar-refractivity contribution in [1.82, 2.24) is 4.90 Å². The van der Waals surface area contributed by atoms with Crippen molar-refractivity contribution in [2.75, 3.05) is 11.9 Å². The standard InChI is InChI=1S/C16H24N2S/c1-12-8-9-15(13(2)11-12)17-16(19)18-10-6-4-5-7-14(18)3/h8-9,11,14H,4-7,10H2,1-3H3,(H,17,19). The smallest absolute Gasteiger partial charge is 0.173 e. The summed E-state index contributed by atoms with van der Waals surface area (Å²) >= 11 is 5.60. The Morgan fingerprint density at radius 2 is 2.05 bits per heavy atom. The van der Waals surface area contributed by atoms with Crippen molar-refractivity contribution in [2.24, 2.45) is 0 Å². The minimum Gasteiger partial charge on any atom is -0.346 e. The first kappa shape index (κ1) is 14.3. The molecule has 104 valence electrons. The molecule has 2 nitrogen and oxygen atoms in total. The average Bonchev–Trinajstić information content (AvgIpc) is 2.57. The molecule has 0 amide bonds. The molecule has 1 aliphatic rings. The van der Waals surface area contributed by atoms with E-state index in [4.69, 9.17) is 12.2 Å². The highest BCUT2D eigenvalue weighted by Crippen LogP contribution is 2.20.